The molecule has 1 aliphatic carbocycles. The largest absolute Gasteiger partial charge is 0.394 e. The minimum atomic E-state index is -0.147. The molecule has 0 aliphatic heterocycles. The molecule has 3 aromatic rings. The number of aromatic nitrogens is 4. The zero-order chi connectivity index (χ0) is 19.0. The van der Waals surface area contributed by atoms with Gasteiger partial charge in [-0.05, 0) is 49.9 Å². The predicted octanol–water partition coefficient (Wildman–Crippen LogP) is 1.96. The first-order chi connectivity index (χ1) is 13.1. The zero-order valence-corrected chi connectivity index (χ0v) is 15.3. The van der Waals surface area contributed by atoms with Gasteiger partial charge in [0.05, 0.1) is 31.0 Å². The molecule has 0 saturated carbocycles. The molecule has 0 radical (unpaired) electrons. The fourth-order valence-corrected chi connectivity index (χ4v) is 3.54. The Bertz CT molecular complexity index is 991. The Morgan fingerprint density at radius 2 is 2.26 bits per heavy atom. The average Bonchev–Trinajstić information content (AvgIpc) is 3.35. The molecule has 1 atom stereocenters. The van der Waals surface area contributed by atoms with Gasteiger partial charge in [-0.2, -0.15) is 10.1 Å². The summed E-state index contributed by atoms with van der Waals surface area (Å²) in [5.74, 6) is 0.966. The molecule has 0 saturated heterocycles. The average molecular weight is 367 g/mol. The summed E-state index contributed by atoms with van der Waals surface area (Å²) in [6.07, 6.45) is 3.28. The molecule has 1 aliphatic rings. The van der Waals surface area contributed by atoms with Crippen molar-refractivity contribution in [1.82, 2.24) is 25.2 Å². The lowest BCUT2D eigenvalue weighted by Gasteiger charge is -2.14. The fraction of sp³-hybridized carbons (Fsp3) is 0.368. The van der Waals surface area contributed by atoms with Gasteiger partial charge >= 0.3 is 0 Å². The number of hydrogen-bond acceptors (Lipinski definition) is 6. The van der Waals surface area contributed by atoms with Gasteiger partial charge in [0.15, 0.2) is 5.82 Å². The summed E-state index contributed by atoms with van der Waals surface area (Å²) >= 11 is 0. The monoisotopic (exact) mass is 367 g/mol. The van der Waals surface area contributed by atoms with E-state index in [1.165, 1.54) is 5.56 Å². The number of nitrogens with one attached hydrogen (secondary N) is 1. The number of carbonyl (C=O) groups is 1. The molecule has 8 nitrogen and oxygen atoms in total. The van der Waals surface area contributed by atoms with Crippen LogP contribution < -0.4 is 5.32 Å². The third kappa shape index (κ3) is 3.23. The number of benzene rings is 1. The second-order valence-corrected chi connectivity index (χ2v) is 6.72. The number of aliphatic hydroxyl groups excluding tert-OH is 1. The summed E-state index contributed by atoms with van der Waals surface area (Å²) in [7, 11) is 0. The van der Waals surface area contributed by atoms with Crippen molar-refractivity contribution in [2.75, 3.05) is 6.61 Å². The molecule has 8 heteroatoms. The van der Waals surface area contributed by atoms with Crippen molar-refractivity contribution in [2.24, 2.45) is 0 Å². The summed E-state index contributed by atoms with van der Waals surface area (Å²) in [6.45, 7) is 3.99. The van der Waals surface area contributed by atoms with Gasteiger partial charge < -0.3 is 14.9 Å². The van der Waals surface area contributed by atoms with E-state index in [2.05, 4.69) is 26.6 Å². The highest BCUT2D eigenvalue weighted by Gasteiger charge is 2.26. The van der Waals surface area contributed by atoms with Crippen molar-refractivity contribution in [2.45, 2.75) is 39.3 Å². The maximum Gasteiger partial charge on any atom is 0.257 e. The highest BCUT2D eigenvalue weighted by atomic mass is 16.5. The van der Waals surface area contributed by atoms with E-state index in [4.69, 9.17) is 9.63 Å². The van der Waals surface area contributed by atoms with E-state index in [0.29, 0.717) is 23.8 Å². The van der Waals surface area contributed by atoms with Crippen molar-refractivity contribution in [3.8, 4) is 11.5 Å². The molecule has 2 aromatic heterocycles. The van der Waals surface area contributed by atoms with Gasteiger partial charge in [-0.15, -0.1) is 0 Å². The fourth-order valence-electron chi connectivity index (χ4n) is 3.54. The molecule has 140 valence electrons. The van der Waals surface area contributed by atoms with Crippen molar-refractivity contribution in [3.05, 3.63) is 52.6 Å². The van der Waals surface area contributed by atoms with Gasteiger partial charge in [-0.1, -0.05) is 11.2 Å². The maximum atomic E-state index is 12.7. The van der Waals surface area contributed by atoms with Crippen LogP contribution >= 0.6 is 0 Å². The highest BCUT2D eigenvalue weighted by molar-refractivity contribution is 5.95. The van der Waals surface area contributed by atoms with Crippen LogP contribution in [0.4, 0.5) is 0 Å². The molecular formula is C19H21N5O3. The van der Waals surface area contributed by atoms with Gasteiger partial charge in [0.25, 0.3) is 11.8 Å². The predicted molar refractivity (Wildman–Crippen MR) is 97.0 cm³/mol. The van der Waals surface area contributed by atoms with Crippen LogP contribution in [0.15, 0.2) is 28.9 Å². The van der Waals surface area contributed by atoms with E-state index < -0.39 is 0 Å². The number of fused-ring (bicyclic) bond motifs is 1. The molecule has 27 heavy (non-hydrogen) atoms. The first-order valence-corrected chi connectivity index (χ1v) is 8.94. The first-order valence-electron chi connectivity index (χ1n) is 8.94. The first kappa shape index (κ1) is 17.4. The Kier molecular flexibility index (Phi) is 4.49. The van der Waals surface area contributed by atoms with Crippen LogP contribution in [0.2, 0.25) is 0 Å². The molecule has 1 aromatic carbocycles. The lowest BCUT2D eigenvalue weighted by Crippen LogP contribution is -2.27. The summed E-state index contributed by atoms with van der Waals surface area (Å²) < 4.78 is 6.87. The summed E-state index contributed by atoms with van der Waals surface area (Å²) in [5, 5.41) is 20.2. The Hall–Kier alpha value is -3.00. The zero-order valence-electron chi connectivity index (χ0n) is 15.3. The Labute approximate surface area is 156 Å². The molecule has 2 heterocycles. The van der Waals surface area contributed by atoms with E-state index in [-0.39, 0.29) is 18.6 Å². The topological polar surface area (TPSA) is 106 Å². The van der Waals surface area contributed by atoms with E-state index in [9.17, 15) is 4.79 Å². The van der Waals surface area contributed by atoms with Crippen LogP contribution in [0.5, 0.6) is 0 Å². The number of aryl methyl sites for hydroxylation is 2. The number of carbonyl (C=O) groups excluding carboxylic acids is 1. The van der Waals surface area contributed by atoms with E-state index in [0.717, 1.165) is 29.7 Å². The van der Waals surface area contributed by atoms with Gasteiger partial charge in [0, 0.05) is 11.3 Å². The van der Waals surface area contributed by atoms with Crippen molar-refractivity contribution >= 4 is 5.91 Å². The minimum absolute atomic E-state index is 0.0124. The lowest BCUT2D eigenvalue weighted by molar-refractivity contribution is 0.0936. The van der Waals surface area contributed by atoms with Crippen LogP contribution in [-0.2, 0) is 13.0 Å². The summed E-state index contributed by atoms with van der Waals surface area (Å²) in [5.41, 5.74) is 4.48. The Balaban J connectivity index is 1.52. The standard InChI is InChI=1S/C19H21N5O3/c1-11-16(10-20-24(11)7-8-25)18(26)22-17-6-4-13-9-14(3-5-15(13)17)19-21-12(2)23-27-19/h3,5,9-10,17,25H,4,6-8H2,1-2H3,(H,22,26). The van der Waals surface area contributed by atoms with Crippen molar-refractivity contribution < 1.29 is 14.4 Å². The van der Waals surface area contributed by atoms with Crippen LogP contribution in [0.25, 0.3) is 11.5 Å². The number of aliphatic hydroxyl groups is 1. The molecular weight excluding hydrogens is 346 g/mol. The van der Waals surface area contributed by atoms with Crippen LogP contribution in [0, 0.1) is 13.8 Å². The lowest BCUT2D eigenvalue weighted by atomic mass is 10.0. The van der Waals surface area contributed by atoms with Gasteiger partial charge in [0.1, 0.15) is 0 Å². The number of amides is 1. The molecule has 2 N–H and O–H groups in total. The van der Waals surface area contributed by atoms with Crippen LogP contribution in [0.3, 0.4) is 0 Å². The maximum absolute atomic E-state index is 12.7. The summed E-state index contributed by atoms with van der Waals surface area (Å²) in [4.78, 5) is 16.9. The Morgan fingerprint density at radius 3 is 3.00 bits per heavy atom. The Morgan fingerprint density at radius 1 is 1.41 bits per heavy atom. The van der Waals surface area contributed by atoms with Crippen LogP contribution in [-0.4, -0.2) is 37.5 Å². The van der Waals surface area contributed by atoms with Gasteiger partial charge in [-0.25, -0.2) is 0 Å². The van der Waals surface area contributed by atoms with E-state index in [1.54, 1.807) is 17.8 Å². The third-order valence-electron chi connectivity index (χ3n) is 4.96. The third-order valence-corrected chi connectivity index (χ3v) is 4.96. The number of hydrogen-bond donors (Lipinski definition) is 2. The molecule has 0 fully saturated rings. The highest BCUT2D eigenvalue weighted by Crippen LogP contribution is 2.34. The molecule has 0 bridgehead atoms. The normalized spacial score (nSPS) is 15.7. The summed E-state index contributed by atoms with van der Waals surface area (Å²) in [6, 6.07) is 5.98. The van der Waals surface area contributed by atoms with Crippen LogP contribution in [0.1, 0.15) is 45.5 Å². The molecule has 1 amide bonds. The second-order valence-electron chi connectivity index (χ2n) is 6.72. The SMILES string of the molecule is Cc1noc(-c2ccc3c(c2)CCC3NC(=O)c2cnn(CCO)c2C)n1. The smallest absolute Gasteiger partial charge is 0.257 e. The van der Waals surface area contributed by atoms with Gasteiger partial charge in [-0.3, -0.25) is 9.48 Å². The second kappa shape index (κ2) is 6.96. The quantitative estimate of drug-likeness (QED) is 0.714. The van der Waals surface area contributed by atoms with Crippen molar-refractivity contribution in [3.63, 3.8) is 0 Å². The van der Waals surface area contributed by atoms with Gasteiger partial charge in [0.2, 0.25) is 0 Å². The van der Waals surface area contributed by atoms with E-state index in [1.807, 2.05) is 19.1 Å². The van der Waals surface area contributed by atoms with E-state index >= 15 is 0 Å². The minimum Gasteiger partial charge on any atom is -0.394 e. The number of nitrogens with zero attached hydrogens (tertiary/aromatic N) is 4. The molecule has 0 spiro atoms. The molecule has 4 rings (SSSR count). The number of rotatable bonds is 5. The molecule has 1 unspecified atom stereocenters. The van der Waals surface area contributed by atoms with Crippen molar-refractivity contribution in [1.29, 1.82) is 0 Å².